The molecule has 0 atom stereocenters. The zero-order valence-corrected chi connectivity index (χ0v) is 18.1. The van der Waals surface area contributed by atoms with Crippen molar-refractivity contribution in [3.63, 3.8) is 0 Å². The number of hydrogen-bond donors (Lipinski definition) is 0. The van der Waals surface area contributed by atoms with E-state index in [4.69, 9.17) is 20.8 Å². The summed E-state index contributed by atoms with van der Waals surface area (Å²) in [6.45, 7) is 1.86. The number of methoxy groups -OCH3 is 1. The van der Waals surface area contributed by atoms with Crippen LogP contribution in [0, 0.1) is 6.92 Å². The van der Waals surface area contributed by atoms with Gasteiger partial charge in [0.25, 0.3) is 0 Å². The molecule has 7 heteroatoms. The van der Waals surface area contributed by atoms with Crippen molar-refractivity contribution in [2.75, 3.05) is 19.1 Å². The zero-order chi connectivity index (χ0) is 20.4. The van der Waals surface area contributed by atoms with Crippen molar-refractivity contribution in [3.05, 3.63) is 67.4 Å². The lowest BCUT2D eigenvalue weighted by Gasteiger charge is -2.19. The molecular weight excluding hydrogens is 446 g/mol. The highest BCUT2D eigenvalue weighted by atomic mass is 79.9. The first-order chi connectivity index (χ1) is 13.3. The van der Waals surface area contributed by atoms with Gasteiger partial charge in [-0.25, -0.2) is 4.79 Å². The van der Waals surface area contributed by atoms with E-state index in [9.17, 15) is 9.59 Å². The molecule has 5 nitrogen and oxygen atoms in total. The summed E-state index contributed by atoms with van der Waals surface area (Å²) in [5.41, 5.74) is 1.96. The molecule has 1 heterocycles. The van der Waals surface area contributed by atoms with Crippen LogP contribution in [0.2, 0.25) is 5.02 Å². The third kappa shape index (κ3) is 4.08. The number of amides is 1. The first-order valence-corrected chi connectivity index (χ1v) is 9.81. The molecule has 146 valence electrons. The highest BCUT2D eigenvalue weighted by Gasteiger charge is 2.17. The van der Waals surface area contributed by atoms with E-state index >= 15 is 0 Å². The second-order valence-electron chi connectivity index (χ2n) is 6.40. The van der Waals surface area contributed by atoms with Crippen molar-refractivity contribution >= 4 is 50.1 Å². The monoisotopic (exact) mass is 463 g/mol. The van der Waals surface area contributed by atoms with Gasteiger partial charge >= 0.3 is 5.63 Å². The molecule has 3 aromatic rings. The van der Waals surface area contributed by atoms with Crippen LogP contribution in [0.4, 0.5) is 5.69 Å². The molecule has 0 radical (unpaired) electrons. The average Bonchev–Trinajstić information content (AvgIpc) is 2.66. The molecule has 1 amide bonds. The minimum absolute atomic E-state index is 0.141. The smallest absolute Gasteiger partial charge is 0.339 e. The minimum Gasteiger partial charge on any atom is -0.497 e. The number of anilines is 1. The Hall–Kier alpha value is -2.31. The quantitative estimate of drug-likeness (QED) is 0.492. The van der Waals surface area contributed by atoms with Crippen LogP contribution >= 0.6 is 27.5 Å². The predicted octanol–water partition coefficient (Wildman–Crippen LogP) is 5.12. The summed E-state index contributed by atoms with van der Waals surface area (Å²) in [5, 5.41) is 1.30. The number of benzene rings is 2. The maximum atomic E-state index is 12.6. The van der Waals surface area contributed by atoms with Gasteiger partial charge in [0.1, 0.15) is 11.3 Å². The van der Waals surface area contributed by atoms with Crippen LogP contribution in [0.3, 0.4) is 0 Å². The van der Waals surface area contributed by atoms with E-state index in [0.29, 0.717) is 27.6 Å². The molecular formula is C21H19BrClNO4. The largest absolute Gasteiger partial charge is 0.497 e. The van der Waals surface area contributed by atoms with Crippen LogP contribution in [0.1, 0.15) is 17.5 Å². The number of hydrogen-bond acceptors (Lipinski definition) is 4. The molecule has 0 fully saturated rings. The van der Waals surface area contributed by atoms with Crippen LogP contribution in [0.5, 0.6) is 5.75 Å². The molecule has 0 N–H and O–H groups in total. The lowest BCUT2D eigenvalue weighted by Crippen LogP contribution is -2.27. The van der Waals surface area contributed by atoms with E-state index in [1.165, 1.54) is 4.90 Å². The van der Waals surface area contributed by atoms with Crippen LogP contribution in [-0.2, 0) is 11.2 Å². The van der Waals surface area contributed by atoms with Gasteiger partial charge in [-0.15, -0.1) is 0 Å². The van der Waals surface area contributed by atoms with Gasteiger partial charge in [0.2, 0.25) is 5.91 Å². The molecule has 0 aliphatic rings. The lowest BCUT2D eigenvalue weighted by atomic mass is 10.0. The molecule has 0 saturated carbocycles. The fourth-order valence-corrected chi connectivity index (χ4v) is 3.88. The molecule has 0 aliphatic carbocycles. The van der Waals surface area contributed by atoms with E-state index in [1.54, 1.807) is 32.4 Å². The summed E-state index contributed by atoms with van der Waals surface area (Å²) in [7, 11) is 3.22. The second kappa shape index (κ2) is 8.37. The summed E-state index contributed by atoms with van der Waals surface area (Å²) >= 11 is 9.57. The van der Waals surface area contributed by atoms with Crippen molar-refractivity contribution in [1.29, 1.82) is 0 Å². The molecule has 28 heavy (non-hydrogen) atoms. The Bertz CT molecular complexity index is 1110. The Morgan fingerprint density at radius 1 is 1.25 bits per heavy atom. The van der Waals surface area contributed by atoms with Crippen LogP contribution < -0.4 is 15.3 Å². The Kier molecular flexibility index (Phi) is 6.10. The lowest BCUT2D eigenvalue weighted by molar-refractivity contribution is -0.118. The molecule has 2 aromatic carbocycles. The van der Waals surface area contributed by atoms with Gasteiger partial charge in [0.05, 0.1) is 17.8 Å². The minimum atomic E-state index is -0.435. The summed E-state index contributed by atoms with van der Waals surface area (Å²) in [5.74, 6) is 0.476. The summed E-state index contributed by atoms with van der Waals surface area (Å²) in [6, 6.07) is 10.7. The number of nitrogens with zero attached hydrogens (tertiary/aromatic N) is 1. The number of rotatable bonds is 5. The number of carbonyl (C=O) groups is 1. The molecule has 0 saturated heterocycles. The maximum absolute atomic E-state index is 12.6. The molecule has 0 spiro atoms. The van der Waals surface area contributed by atoms with E-state index in [1.807, 2.05) is 25.1 Å². The Morgan fingerprint density at radius 3 is 2.68 bits per heavy atom. The number of halogens is 2. The summed E-state index contributed by atoms with van der Waals surface area (Å²) < 4.78 is 11.4. The number of carbonyl (C=O) groups excluding carboxylic acids is 1. The average molecular weight is 465 g/mol. The van der Waals surface area contributed by atoms with Crippen molar-refractivity contribution < 1.29 is 13.9 Å². The Morgan fingerprint density at radius 2 is 2.00 bits per heavy atom. The number of fused-ring (bicyclic) bond motifs is 1. The molecule has 0 unspecified atom stereocenters. The predicted molar refractivity (Wildman–Crippen MR) is 115 cm³/mol. The maximum Gasteiger partial charge on any atom is 0.339 e. The fraction of sp³-hybridized carbons (Fsp3) is 0.238. The van der Waals surface area contributed by atoms with Gasteiger partial charge < -0.3 is 14.1 Å². The van der Waals surface area contributed by atoms with Gasteiger partial charge in [0.15, 0.2) is 0 Å². The van der Waals surface area contributed by atoms with Crippen LogP contribution in [-0.4, -0.2) is 20.1 Å². The third-order valence-corrected chi connectivity index (χ3v) is 5.52. The summed E-state index contributed by atoms with van der Waals surface area (Å²) in [4.78, 5) is 26.6. The molecule has 1 aromatic heterocycles. The highest BCUT2D eigenvalue weighted by molar-refractivity contribution is 9.10. The van der Waals surface area contributed by atoms with Gasteiger partial charge in [-0.2, -0.15) is 0 Å². The number of aryl methyl sites for hydroxylation is 1. The second-order valence-corrected chi connectivity index (χ2v) is 7.73. The SMILES string of the molecule is COc1ccc2c(C)c(CCC(=O)N(C)c3ccc(Br)cc3Cl)c(=O)oc2c1. The fourth-order valence-electron chi connectivity index (χ4n) is 3.08. The Labute approximate surface area is 176 Å². The molecule has 0 aliphatic heterocycles. The van der Waals surface area contributed by atoms with Gasteiger partial charge in [-0.3, -0.25) is 4.79 Å². The van der Waals surface area contributed by atoms with Gasteiger partial charge in [-0.1, -0.05) is 27.5 Å². The normalized spacial score (nSPS) is 10.9. The third-order valence-electron chi connectivity index (χ3n) is 4.73. The zero-order valence-electron chi connectivity index (χ0n) is 15.7. The van der Waals surface area contributed by atoms with E-state index in [-0.39, 0.29) is 18.7 Å². The first kappa shape index (κ1) is 20.4. The van der Waals surface area contributed by atoms with E-state index in [0.717, 1.165) is 15.4 Å². The van der Waals surface area contributed by atoms with Gasteiger partial charge in [0, 0.05) is 35.0 Å². The topological polar surface area (TPSA) is 59.8 Å². The number of ether oxygens (including phenoxy) is 1. The molecule has 3 rings (SSSR count). The Balaban J connectivity index is 1.83. The molecule has 0 bridgehead atoms. The highest BCUT2D eigenvalue weighted by Crippen LogP contribution is 2.29. The van der Waals surface area contributed by atoms with Gasteiger partial charge in [-0.05, 0) is 49.2 Å². The van der Waals surface area contributed by atoms with Crippen LogP contribution in [0.25, 0.3) is 11.0 Å². The van der Waals surface area contributed by atoms with Crippen molar-refractivity contribution in [2.45, 2.75) is 19.8 Å². The summed E-state index contributed by atoms with van der Waals surface area (Å²) in [6.07, 6.45) is 0.448. The van der Waals surface area contributed by atoms with Crippen molar-refractivity contribution in [1.82, 2.24) is 0 Å². The van der Waals surface area contributed by atoms with Crippen molar-refractivity contribution in [2.24, 2.45) is 0 Å². The standard InChI is InChI=1S/C21H19BrClNO4/c1-12-15-6-5-14(27-3)11-19(15)28-21(26)16(12)7-9-20(25)24(2)18-8-4-13(22)10-17(18)23/h4-6,8,10-11H,7,9H2,1-3H3. The van der Waals surface area contributed by atoms with Crippen molar-refractivity contribution in [3.8, 4) is 5.75 Å². The van der Waals surface area contributed by atoms with E-state index < -0.39 is 5.63 Å². The van der Waals surface area contributed by atoms with E-state index in [2.05, 4.69) is 15.9 Å². The van der Waals surface area contributed by atoms with Crippen LogP contribution in [0.15, 0.2) is 50.1 Å². The first-order valence-electron chi connectivity index (χ1n) is 8.63.